The van der Waals surface area contributed by atoms with Gasteiger partial charge in [0, 0.05) is 23.5 Å². The van der Waals surface area contributed by atoms with Crippen LogP contribution in [0.15, 0.2) is 5.38 Å². The number of thiazole rings is 1. The molecule has 3 heteroatoms. The molecule has 2 rings (SSSR count). The minimum atomic E-state index is 0.754. The summed E-state index contributed by atoms with van der Waals surface area (Å²) in [4.78, 5) is 4.46. The number of nitrogens with zero attached hydrogens (tertiary/aromatic N) is 1. The Morgan fingerprint density at radius 3 is 3.23 bits per heavy atom. The molecule has 0 spiro atoms. The number of hydrogen-bond donors (Lipinski definition) is 1. The van der Waals surface area contributed by atoms with Gasteiger partial charge in [-0.15, -0.1) is 11.3 Å². The van der Waals surface area contributed by atoms with E-state index in [1.165, 1.54) is 36.5 Å². The molecule has 1 aromatic rings. The lowest BCUT2D eigenvalue weighted by molar-refractivity contribution is 0.558. The van der Waals surface area contributed by atoms with Crippen molar-refractivity contribution in [2.45, 2.75) is 38.6 Å². The molecule has 1 saturated heterocycles. The highest BCUT2D eigenvalue weighted by molar-refractivity contribution is 7.09. The molecule has 72 valence electrons. The summed E-state index contributed by atoms with van der Waals surface area (Å²) < 4.78 is 0. The van der Waals surface area contributed by atoms with E-state index in [1.807, 2.05) is 0 Å². The minimum Gasteiger partial charge on any atom is -0.314 e. The van der Waals surface area contributed by atoms with E-state index in [1.54, 1.807) is 11.3 Å². The topological polar surface area (TPSA) is 24.9 Å². The molecule has 1 unspecified atom stereocenters. The Morgan fingerprint density at radius 1 is 1.69 bits per heavy atom. The van der Waals surface area contributed by atoms with Crippen LogP contribution >= 0.6 is 11.3 Å². The second kappa shape index (κ2) is 4.20. The van der Waals surface area contributed by atoms with Crippen molar-refractivity contribution < 1.29 is 0 Å². The van der Waals surface area contributed by atoms with Crippen LogP contribution in [0.1, 0.15) is 30.0 Å². The summed E-state index contributed by atoms with van der Waals surface area (Å²) >= 11 is 1.79. The van der Waals surface area contributed by atoms with E-state index in [0.29, 0.717) is 0 Å². The van der Waals surface area contributed by atoms with Crippen molar-refractivity contribution in [3.8, 4) is 0 Å². The predicted octanol–water partition coefficient (Wildman–Crippen LogP) is 2.14. The second-order valence-corrected chi connectivity index (χ2v) is 4.66. The van der Waals surface area contributed by atoms with E-state index in [-0.39, 0.29) is 0 Å². The van der Waals surface area contributed by atoms with E-state index in [9.17, 15) is 0 Å². The quantitative estimate of drug-likeness (QED) is 0.801. The summed E-state index contributed by atoms with van der Waals surface area (Å²) in [7, 11) is 0. The van der Waals surface area contributed by atoms with Crippen molar-refractivity contribution in [1.82, 2.24) is 10.3 Å². The fraction of sp³-hybridized carbons (Fsp3) is 0.700. The summed E-state index contributed by atoms with van der Waals surface area (Å²) in [5, 5.41) is 6.94. The molecule has 13 heavy (non-hydrogen) atoms. The van der Waals surface area contributed by atoms with Crippen LogP contribution in [0.5, 0.6) is 0 Å². The maximum absolute atomic E-state index is 4.46. The van der Waals surface area contributed by atoms with Gasteiger partial charge in [0.2, 0.25) is 0 Å². The summed E-state index contributed by atoms with van der Waals surface area (Å²) in [5.41, 5.74) is 1.17. The van der Waals surface area contributed by atoms with Gasteiger partial charge < -0.3 is 5.32 Å². The minimum absolute atomic E-state index is 0.754. The molecule has 2 heterocycles. The first-order valence-corrected chi connectivity index (χ1v) is 5.87. The molecule has 1 aromatic heterocycles. The number of aromatic nitrogens is 1. The number of aryl methyl sites for hydroxylation is 2. The SMILES string of the molecule is Cc1csc(CCC2CCCN2)n1. The van der Waals surface area contributed by atoms with E-state index in [4.69, 9.17) is 0 Å². The van der Waals surface area contributed by atoms with Crippen molar-refractivity contribution >= 4 is 11.3 Å². The monoisotopic (exact) mass is 196 g/mol. The molecule has 0 amide bonds. The van der Waals surface area contributed by atoms with Crippen molar-refractivity contribution in [1.29, 1.82) is 0 Å². The van der Waals surface area contributed by atoms with E-state index in [2.05, 4.69) is 22.6 Å². The van der Waals surface area contributed by atoms with E-state index < -0.39 is 0 Å². The Kier molecular flexibility index (Phi) is 2.96. The fourth-order valence-corrected chi connectivity index (χ4v) is 2.61. The summed E-state index contributed by atoms with van der Waals surface area (Å²) in [6.07, 6.45) is 5.11. The lowest BCUT2D eigenvalue weighted by Crippen LogP contribution is -2.21. The molecule has 1 aliphatic rings. The average Bonchev–Trinajstić information content (AvgIpc) is 2.71. The van der Waals surface area contributed by atoms with Crippen LogP contribution in [-0.2, 0) is 6.42 Å². The van der Waals surface area contributed by atoms with Crippen LogP contribution < -0.4 is 5.32 Å². The Labute approximate surface area is 83.4 Å². The zero-order valence-corrected chi connectivity index (χ0v) is 8.86. The van der Waals surface area contributed by atoms with Crippen molar-refractivity contribution in [3.63, 3.8) is 0 Å². The average molecular weight is 196 g/mol. The second-order valence-electron chi connectivity index (χ2n) is 3.71. The van der Waals surface area contributed by atoms with Gasteiger partial charge in [-0.3, -0.25) is 0 Å². The van der Waals surface area contributed by atoms with Crippen LogP contribution in [0.3, 0.4) is 0 Å². The van der Waals surface area contributed by atoms with Gasteiger partial charge in [0.15, 0.2) is 0 Å². The first-order valence-electron chi connectivity index (χ1n) is 4.99. The van der Waals surface area contributed by atoms with Gasteiger partial charge in [-0.05, 0) is 32.7 Å². The van der Waals surface area contributed by atoms with Gasteiger partial charge in [-0.1, -0.05) is 0 Å². The van der Waals surface area contributed by atoms with Gasteiger partial charge >= 0.3 is 0 Å². The number of hydrogen-bond acceptors (Lipinski definition) is 3. The van der Waals surface area contributed by atoms with Gasteiger partial charge in [0.05, 0.1) is 5.01 Å². The highest BCUT2D eigenvalue weighted by atomic mass is 32.1. The third kappa shape index (κ3) is 2.51. The molecule has 0 saturated carbocycles. The van der Waals surface area contributed by atoms with E-state index >= 15 is 0 Å². The first kappa shape index (κ1) is 9.16. The lowest BCUT2D eigenvalue weighted by Gasteiger charge is -2.07. The molecule has 0 aromatic carbocycles. The van der Waals surface area contributed by atoms with Gasteiger partial charge in [-0.25, -0.2) is 4.98 Å². The highest BCUT2D eigenvalue weighted by Gasteiger charge is 2.13. The molecule has 0 bridgehead atoms. The standard InChI is InChI=1S/C10H16N2S/c1-8-7-13-10(12-8)5-4-9-3-2-6-11-9/h7,9,11H,2-6H2,1H3. The predicted molar refractivity (Wildman–Crippen MR) is 56.2 cm³/mol. The first-order chi connectivity index (χ1) is 6.34. The van der Waals surface area contributed by atoms with Crippen molar-refractivity contribution in [2.75, 3.05) is 6.54 Å². The van der Waals surface area contributed by atoms with Gasteiger partial charge in [0.25, 0.3) is 0 Å². The highest BCUT2D eigenvalue weighted by Crippen LogP contribution is 2.15. The van der Waals surface area contributed by atoms with E-state index in [0.717, 1.165) is 12.5 Å². The Morgan fingerprint density at radius 2 is 2.62 bits per heavy atom. The Bertz CT molecular complexity index is 264. The molecule has 0 aliphatic carbocycles. The molecular weight excluding hydrogens is 180 g/mol. The van der Waals surface area contributed by atoms with Crippen LogP contribution in [0.4, 0.5) is 0 Å². The number of rotatable bonds is 3. The van der Waals surface area contributed by atoms with Crippen LogP contribution in [0.25, 0.3) is 0 Å². The molecule has 1 aliphatic heterocycles. The molecule has 0 radical (unpaired) electrons. The summed E-state index contributed by atoms with van der Waals surface area (Å²) in [6.45, 7) is 3.27. The fourth-order valence-electron chi connectivity index (χ4n) is 1.82. The lowest BCUT2D eigenvalue weighted by atomic mass is 10.1. The Balaban J connectivity index is 1.78. The smallest absolute Gasteiger partial charge is 0.0928 e. The molecule has 2 nitrogen and oxygen atoms in total. The van der Waals surface area contributed by atoms with Gasteiger partial charge in [-0.2, -0.15) is 0 Å². The summed E-state index contributed by atoms with van der Waals surface area (Å²) in [6, 6.07) is 0.754. The van der Waals surface area contributed by atoms with Gasteiger partial charge in [0.1, 0.15) is 0 Å². The molecule has 1 atom stereocenters. The molecule has 1 N–H and O–H groups in total. The maximum atomic E-state index is 4.46. The third-order valence-corrected chi connectivity index (χ3v) is 3.56. The normalized spacial score (nSPS) is 22.4. The van der Waals surface area contributed by atoms with Crippen LogP contribution in [0, 0.1) is 6.92 Å². The zero-order valence-electron chi connectivity index (χ0n) is 8.05. The van der Waals surface area contributed by atoms with Crippen molar-refractivity contribution in [2.24, 2.45) is 0 Å². The summed E-state index contributed by atoms with van der Waals surface area (Å²) in [5.74, 6) is 0. The van der Waals surface area contributed by atoms with Crippen LogP contribution in [-0.4, -0.2) is 17.6 Å². The molecule has 1 fully saturated rings. The molecular formula is C10H16N2S. The van der Waals surface area contributed by atoms with Crippen LogP contribution in [0.2, 0.25) is 0 Å². The zero-order chi connectivity index (χ0) is 9.10. The van der Waals surface area contributed by atoms with Crippen molar-refractivity contribution in [3.05, 3.63) is 16.1 Å². The third-order valence-electron chi connectivity index (χ3n) is 2.54. The number of nitrogens with one attached hydrogen (secondary N) is 1. The maximum Gasteiger partial charge on any atom is 0.0928 e. The Hall–Kier alpha value is -0.410. The largest absolute Gasteiger partial charge is 0.314 e.